The zero-order valence-corrected chi connectivity index (χ0v) is 9.93. The Balaban J connectivity index is 1.97. The molecule has 0 bridgehead atoms. The molecule has 1 nitrogen and oxygen atoms in total. The van der Waals surface area contributed by atoms with Gasteiger partial charge in [0.2, 0.25) is 0 Å². The monoisotopic (exact) mass is 230 g/mol. The third kappa shape index (κ3) is 1.34. The van der Waals surface area contributed by atoms with Crippen molar-refractivity contribution in [3.8, 4) is 0 Å². The van der Waals surface area contributed by atoms with Crippen LogP contribution in [0.25, 0.3) is 10.8 Å². The van der Waals surface area contributed by atoms with Crippen molar-refractivity contribution in [2.24, 2.45) is 0 Å². The van der Waals surface area contributed by atoms with Crippen molar-refractivity contribution in [1.29, 1.82) is 0 Å². The number of fused-ring (bicyclic) bond motifs is 4. The maximum absolute atomic E-state index is 3.45. The van der Waals surface area contributed by atoms with Gasteiger partial charge in [-0.05, 0) is 46.7 Å². The normalized spacial score (nSPS) is 16.4. The third-order valence-corrected chi connectivity index (χ3v) is 3.53. The Hall–Kier alpha value is -2.28. The van der Waals surface area contributed by atoms with Crippen LogP contribution in [0.2, 0.25) is 0 Å². The zero-order valence-electron chi connectivity index (χ0n) is 9.93. The second-order valence-electron chi connectivity index (χ2n) is 4.64. The number of hydrogen-bond acceptors (Lipinski definition) is 1. The Morgan fingerprint density at radius 2 is 1.83 bits per heavy atom. The fourth-order valence-corrected chi connectivity index (χ4v) is 2.62. The molecule has 18 heavy (non-hydrogen) atoms. The number of nitrogens with zero attached hydrogens (tertiary/aromatic N) is 1. The van der Waals surface area contributed by atoms with Gasteiger partial charge in [0.25, 0.3) is 0 Å². The van der Waals surface area contributed by atoms with Gasteiger partial charge in [0.15, 0.2) is 0 Å². The van der Waals surface area contributed by atoms with Crippen molar-refractivity contribution in [2.45, 2.75) is 6.42 Å². The van der Waals surface area contributed by atoms with Crippen molar-refractivity contribution in [2.75, 3.05) is 4.90 Å². The fraction of sp³-hybridized carbons (Fsp3) is 0.0588. The maximum atomic E-state index is 3.45. The van der Waals surface area contributed by atoms with Gasteiger partial charge in [-0.3, -0.25) is 0 Å². The van der Waals surface area contributed by atoms with Crippen LogP contribution in [0.4, 0.5) is 5.69 Å². The molecule has 0 amide bonds. The molecule has 2 aromatic carbocycles. The molecule has 0 aromatic heterocycles. The minimum absolute atomic E-state index is 0.893. The van der Waals surface area contributed by atoms with Crippen LogP contribution in [0.3, 0.4) is 0 Å². The topological polar surface area (TPSA) is 3.24 Å². The lowest BCUT2D eigenvalue weighted by molar-refractivity contribution is 1.05. The summed E-state index contributed by atoms with van der Waals surface area (Å²) in [5, 5.41) is 2.60. The van der Waals surface area contributed by atoms with E-state index in [4.69, 9.17) is 0 Å². The highest BCUT2D eigenvalue weighted by molar-refractivity contribution is 5.89. The molecule has 2 aliphatic rings. The lowest BCUT2D eigenvalue weighted by Gasteiger charge is -2.29. The van der Waals surface area contributed by atoms with Gasteiger partial charge in [0.1, 0.15) is 0 Å². The first kappa shape index (κ1) is 9.72. The minimum atomic E-state index is 0.893. The Labute approximate surface area is 106 Å². The number of hydrogen-bond donors (Lipinski definition) is 0. The SMILES string of the molecule is [C]1=C2C=CC=CN2c2cc3ccccc3cc2C1. The van der Waals surface area contributed by atoms with Gasteiger partial charge in [0.05, 0.1) is 0 Å². The molecule has 0 atom stereocenters. The molecule has 4 rings (SSSR count). The molecule has 0 N–H and O–H groups in total. The second-order valence-corrected chi connectivity index (χ2v) is 4.64. The van der Waals surface area contributed by atoms with Crippen LogP contribution in [0.5, 0.6) is 0 Å². The first-order valence-corrected chi connectivity index (χ1v) is 6.18. The van der Waals surface area contributed by atoms with Gasteiger partial charge >= 0.3 is 0 Å². The van der Waals surface area contributed by atoms with E-state index in [0.29, 0.717) is 0 Å². The highest BCUT2D eigenvalue weighted by Crippen LogP contribution is 2.34. The Bertz CT molecular complexity index is 719. The van der Waals surface area contributed by atoms with Gasteiger partial charge in [-0.2, -0.15) is 0 Å². The van der Waals surface area contributed by atoms with Crippen LogP contribution in [-0.2, 0) is 6.42 Å². The van der Waals surface area contributed by atoms with Crippen molar-refractivity contribution in [3.63, 3.8) is 0 Å². The average molecular weight is 230 g/mol. The summed E-state index contributed by atoms with van der Waals surface area (Å²) in [6, 6.07) is 13.1. The smallest absolute Gasteiger partial charge is 0.0497 e. The van der Waals surface area contributed by atoms with Gasteiger partial charge in [-0.15, -0.1) is 0 Å². The summed E-state index contributed by atoms with van der Waals surface area (Å²) < 4.78 is 0. The van der Waals surface area contributed by atoms with Gasteiger partial charge < -0.3 is 4.90 Å². The molecule has 0 spiro atoms. The molecule has 2 aromatic rings. The van der Waals surface area contributed by atoms with Gasteiger partial charge in [-0.25, -0.2) is 0 Å². The van der Waals surface area contributed by atoms with E-state index in [-0.39, 0.29) is 0 Å². The van der Waals surface area contributed by atoms with E-state index >= 15 is 0 Å². The van der Waals surface area contributed by atoms with Crippen LogP contribution in [-0.4, -0.2) is 0 Å². The summed E-state index contributed by atoms with van der Waals surface area (Å²) in [6.45, 7) is 0. The zero-order chi connectivity index (χ0) is 11.9. The van der Waals surface area contributed by atoms with E-state index in [1.165, 1.54) is 22.0 Å². The summed E-state index contributed by atoms with van der Waals surface area (Å²) in [5.74, 6) is 0. The predicted octanol–water partition coefficient (Wildman–Crippen LogP) is 3.97. The fourth-order valence-electron chi connectivity index (χ4n) is 2.62. The van der Waals surface area contributed by atoms with Crippen LogP contribution < -0.4 is 4.90 Å². The van der Waals surface area contributed by atoms with Crippen LogP contribution in [0.15, 0.2) is 66.5 Å². The van der Waals surface area contributed by atoms with Crippen LogP contribution >= 0.6 is 0 Å². The van der Waals surface area contributed by atoms with Crippen molar-refractivity contribution < 1.29 is 0 Å². The first-order valence-electron chi connectivity index (χ1n) is 6.18. The summed E-state index contributed by atoms with van der Waals surface area (Å²) in [7, 11) is 0. The molecule has 0 unspecified atom stereocenters. The number of allylic oxidation sites excluding steroid dienone is 4. The van der Waals surface area contributed by atoms with Crippen molar-refractivity contribution in [3.05, 3.63) is 78.2 Å². The van der Waals surface area contributed by atoms with E-state index in [1.54, 1.807) is 0 Å². The predicted molar refractivity (Wildman–Crippen MR) is 75.2 cm³/mol. The molecule has 2 heterocycles. The lowest BCUT2D eigenvalue weighted by Crippen LogP contribution is -2.21. The van der Waals surface area contributed by atoms with Gasteiger partial charge in [-0.1, -0.05) is 30.3 Å². The molecule has 0 saturated heterocycles. The standard InChI is InChI=1S/C17H12N/c1-2-6-14-12-17-15(11-13(14)5-1)8-9-16-7-3-4-10-18(16)17/h1-7,10-12H,8H2. The summed E-state index contributed by atoms with van der Waals surface area (Å²) >= 11 is 0. The molecule has 0 saturated carbocycles. The molecule has 85 valence electrons. The van der Waals surface area contributed by atoms with Gasteiger partial charge in [0, 0.05) is 24.0 Å². The molecule has 1 heteroatoms. The summed E-state index contributed by atoms with van der Waals surface area (Å²) in [6.07, 6.45) is 12.7. The number of benzene rings is 2. The molecule has 0 fully saturated rings. The summed E-state index contributed by atoms with van der Waals surface area (Å²) in [4.78, 5) is 2.21. The molecule has 2 aliphatic heterocycles. The maximum Gasteiger partial charge on any atom is 0.0497 e. The Morgan fingerprint density at radius 3 is 2.72 bits per heavy atom. The Morgan fingerprint density at radius 1 is 1.00 bits per heavy atom. The Kier molecular flexibility index (Phi) is 1.95. The molecule has 0 aliphatic carbocycles. The number of anilines is 1. The van der Waals surface area contributed by atoms with Crippen LogP contribution in [0.1, 0.15) is 5.56 Å². The second kappa shape index (κ2) is 3.61. The number of rotatable bonds is 0. The van der Waals surface area contributed by atoms with E-state index in [2.05, 4.69) is 71.8 Å². The largest absolute Gasteiger partial charge is 0.317 e. The average Bonchev–Trinajstić information content (AvgIpc) is 2.45. The molecule has 1 radical (unpaired) electrons. The van der Waals surface area contributed by atoms with Crippen molar-refractivity contribution >= 4 is 16.5 Å². The van der Waals surface area contributed by atoms with E-state index in [1.807, 2.05) is 0 Å². The highest BCUT2D eigenvalue weighted by atomic mass is 15.1. The van der Waals surface area contributed by atoms with E-state index in [9.17, 15) is 0 Å². The quantitative estimate of drug-likeness (QED) is 0.662. The molecular formula is C17H12N. The van der Waals surface area contributed by atoms with E-state index in [0.717, 1.165) is 12.1 Å². The first-order chi connectivity index (χ1) is 8.92. The third-order valence-electron chi connectivity index (χ3n) is 3.53. The van der Waals surface area contributed by atoms with Crippen molar-refractivity contribution in [1.82, 2.24) is 0 Å². The lowest BCUT2D eigenvalue weighted by atomic mass is 9.97. The van der Waals surface area contributed by atoms with E-state index < -0.39 is 0 Å². The minimum Gasteiger partial charge on any atom is -0.317 e. The highest BCUT2D eigenvalue weighted by Gasteiger charge is 2.18. The molecular weight excluding hydrogens is 218 g/mol. The van der Waals surface area contributed by atoms with Crippen LogP contribution in [0, 0.1) is 6.08 Å². The summed E-state index contributed by atoms with van der Waals surface area (Å²) in [5.41, 5.74) is 3.78.